The van der Waals surface area contributed by atoms with Gasteiger partial charge in [-0.1, -0.05) is 15.9 Å². The quantitative estimate of drug-likeness (QED) is 0.883. The molecule has 2 rings (SSSR count). The number of nitrogens with one attached hydrogen (secondary N) is 1. The first-order chi connectivity index (χ1) is 10.1. The zero-order chi connectivity index (χ0) is 15.2. The van der Waals surface area contributed by atoms with Crippen LogP contribution in [0.2, 0.25) is 0 Å². The van der Waals surface area contributed by atoms with E-state index >= 15 is 0 Å². The summed E-state index contributed by atoms with van der Waals surface area (Å²) in [7, 11) is 1.54. The molecule has 21 heavy (non-hydrogen) atoms. The van der Waals surface area contributed by atoms with E-state index in [1.54, 1.807) is 24.3 Å². The molecule has 0 aliphatic rings. The third kappa shape index (κ3) is 3.98. The van der Waals surface area contributed by atoms with E-state index in [2.05, 4.69) is 21.2 Å². The van der Waals surface area contributed by atoms with Crippen LogP contribution < -0.4 is 14.8 Å². The number of carbonyl (C=O) groups is 1. The van der Waals surface area contributed by atoms with Crippen molar-refractivity contribution in [2.45, 2.75) is 6.92 Å². The van der Waals surface area contributed by atoms with Gasteiger partial charge in [0.25, 0.3) is 5.91 Å². The molecule has 0 saturated heterocycles. The minimum atomic E-state index is -0.225. The molecule has 0 aliphatic heterocycles. The van der Waals surface area contributed by atoms with Crippen LogP contribution in [0.3, 0.4) is 0 Å². The fraction of sp³-hybridized carbons (Fsp3) is 0.188. The van der Waals surface area contributed by atoms with Crippen molar-refractivity contribution < 1.29 is 14.3 Å². The maximum absolute atomic E-state index is 12.3. The van der Waals surface area contributed by atoms with Gasteiger partial charge in [-0.05, 0) is 49.4 Å². The van der Waals surface area contributed by atoms with Gasteiger partial charge in [-0.25, -0.2) is 0 Å². The van der Waals surface area contributed by atoms with Crippen LogP contribution in [0.5, 0.6) is 11.5 Å². The number of halogens is 1. The lowest BCUT2D eigenvalue weighted by atomic mass is 10.2. The highest BCUT2D eigenvalue weighted by Crippen LogP contribution is 2.24. The topological polar surface area (TPSA) is 47.6 Å². The number of hydrogen-bond donors (Lipinski definition) is 1. The van der Waals surface area contributed by atoms with Crippen LogP contribution in [0.4, 0.5) is 5.69 Å². The second kappa shape index (κ2) is 7.13. The van der Waals surface area contributed by atoms with Gasteiger partial charge < -0.3 is 14.8 Å². The SMILES string of the molecule is CCOc1ccc(NC(=O)c2cc(Br)ccc2OC)cc1. The number of rotatable bonds is 5. The summed E-state index contributed by atoms with van der Waals surface area (Å²) in [6, 6.07) is 12.5. The monoisotopic (exact) mass is 349 g/mol. The minimum absolute atomic E-state index is 0.225. The molecule has 2 aromatic carbocycles. The van der Waals surface area contributed by atoms with Gasteiger partial charge in [0.1, 0.15) is 11.5 Å². The summed E-state index contributed by atoms with van der Waals surface area (Å²) >= 11 is 3.35. The molecule has 0 atom stereocenters. The van der Waals surface area contributed by atoms with Gasteiger partial charge in [0.15, 0.2) is 0 Å². The number of anilines is 1. The lowest BCUT2D eigenvalue weighted by molar-refractivity contribution is 0.102. The smallest absolute Gasteiger partial charge is 0.259 e. The van der Waals surface area contributed by atoms with Crippen molar-refractivity contribution in [2.75, 3.05) is 19.0 Å². The highest BCUT2D eigenvalue weighted by molar-refractivity contribution is 9.10. The number of hydrogen-bond acceptors (Lipinski definition) is 3. The van der Waals surface area contributed by atoms with E-state index in [0.717, 1.165) is 10.2 Å². The maximum atomic E-state index is 12.3. The molecule has 2 aromatic rings. The Labute approximate surface area is 132 Å². The van der Waals surface area contributed by atoms with Gasteiger partial charge in [-0.15, -0.1) is 0 Å². The molecule has 0 saturated carbocycles. The van der Waals surface area contributed by atoms with Crippen LogP contribution in [-0.4, -0.2) is 19.6 Å². The summed E-state index contributed by atoms with van der Waals surface area (Å²) in [5, 5.41) is 2.83. The molecular formula is C16H16BrNO3. The van der Waals surface area contributed by atoms with Crippen molar-refractivity contribution in [3.63, 3.8) is 0 Å². The van der Waals surface area contributed by atoms with Crippen molar-refractivity contribution in [2.24, 2.45) is 0 Å². The maximum Gasteiger partial charge on any atom is 0.259 e. The molecular weight excluding hydrogens is 334 g/mol. The molecule has 0 aliphatic carbocycles. The Morgan fingerprint density at radius 2 is 1.90 bits per heavy atom. The third-order valence-corrected chi connectivity index (χ3v) is 3.32. The summed E-state index contributed by atoms with van der Waals surface area (Å²) in [4.78, 5) is 12.3. The number of ether oxygens (including phenoxy) is 2. The van der Waals surface area contributed by atoms with Gasteiger partial charge in [-0.2, -0.15) is 0 Å². The second-order valence-electron chi connectivity index (χ2n) is 4.26. The van der Waals surface area contributed by atoms with Gasteiger partial charge in [-0.3, -0.25) is 4.79 Å². The molecule has 0 unspecified atom stereocenters. The molecule has 0 spiro atoms. The number of amides is 1. The Morgan fingerprint density at radius 1 is 1.19 bits per heavy atom. The van der Waals surface area contributed by atoms with E-state index in [9.17, 15) is 4.79 Å². The van der Waals surface area contributed by atoms with Gasteiger partial charge >= 0.3 is 0 Å². The minimum Gasteiger partial charge on any atom is -0.496 e. The van der Waals surface area contributed by atoms with Crippen LogP contribution in [0.15, 0.2) is 46.9 Å². The summed E-state index contributed by atoms with van der Waals surface area (Å²) in [6.07, 6.45) is 0. The van der Waals surface area contributed by atoms with Crippen molar-refractivity contribution in [1.29, 1.82) is 0 Å². The van der Waals surface area contributed by atoms with E-state index in [4.69, 9.17) is 9.47 Å². The zero-order valence-corrected chi connectivity index (χ0v) is 13.4. The normalized spacial score (nSPS) is 10.0. The first-order valence-electron chi connectivity index (χ1n) is 6.51. The average molecular weight is 350 g/mol. The van der Waals surface area contributed by atoms with E-state index in [0.29, 0.717) is 23.6 Å². The fourth-order valence-electron chi connectivity index (χ4n) is 1.86. The van der Waals surface area contributed by atoms with Gasteiger partial charge in [0, 0.05) is 10.2 Å². The van der Waals surface area contributed by atoms with Gasteiger partial charge in [0.05, 0.1) is 19.3 Å². The molecule has 0 fully saturated rings. The zero-order valence-electron chi connectivity index (χ0n) is 11.9. The summed E-state index contributed by atoms with van der Waals surface area (Å²) in [5.74, 6) is 1.08. The van der Waals surface area contributed by atoms with Crippen molar-refractivity contribution in [1.82, 2.24) is 0 Å². The molecule has 4 nitrogen and oxygen atoms in total. The fourth-order valence-corrected chi connectivity index (χ4v) is 2.22. The highest BCUT2D eigenvalue weighted by Gasteiger charge is 2.13. The molecule has 1 amide bonds. The Kier molecular flexibility index (Phi) is 5.22. The van der Waals surface area contributed by atoms with Crippen LogP contribution in [0.1, 0.15) is 17.3 Å². The second-order valence-corrected chi connectivity index (χ2v) is 5.17. The lowest BCUT2D eigenvalue weighted by Gasteiger charge is -2.10. The van der Waals surface area contributed by atoms with Crippen LogP contribution in [-0.2, 0) is 0 Å². The van der Waals surface area contributed by atoms with Crippen LogP contribution >= 0.6 is 15.9 Å². The standard InChI is InChI=1S/C16H16BrNO3/c1-3-21-13-7-5-12(6-8-13)18-16(19)14-10-11(17)4-9-15(14)20-2/h4-10H,3H2,1-2H3,(H,18,19). The summed E-state index contributed by atoms with van der Waals surface area (Å²) in [6.45, 7) is 2.54. The van der Waals surface area contributed by atoms with E-state index in [-0.39, 0.29) is 5.91 Å². The number of carbonyl (C=O) groups excluding carboxylic acids is 1. The average Bonchev–Trinajstić information content (AvgIpc) is 2.49. The summed E-state index contributed by atoms with van der Waals surface area (Å²) < 4.78 is 11.4. The van der Waals surface area contributed by atoms with E-state index in [1.165, 1.54) is 7.11 Å². The molecule has 5 heteroatoms. The summed E-state index contributed by atoms with van der Waals surface area (Å²) in [5.41, 5.74) is 1.17. The third-order valence-electron chi connectivity index (χ3n) is 2.83. The number of methoxy groups -OCH3 is 1. The molecule has 0 radical (unpaired) electrons. The van der Waals surface area contributed by atoms with Crippen molar-refractivity contribution in [3.8, 4) is 11.5 Å². The predicted molar refractivity (Wildman–Crippen MR) is 86.3 cm³/mol. The van der Waals surface area contributed by atoms with Crippen molar-refractivity contribution >= 4 is 27.5 Å². The molecule has 110 valence electrons. The van der Waals surface area contributed by atoms with E-state index in [1.807, 2.05) is 25.1 Å². The van der Waals surface area contributed by atoms with Gasteiger partial charge in [0.2, 0.25) is 0 Å². The first-order valence-corrected chi connectivity index (χ1v) is 7.31. The molecule has 0 bridgehead atoms. The highest BCUT2D eigenvalue weighted by atomic mass is 79.9. The van der Waals surface area contributed by atoms with Crippen LogP contribution in [0.25, 0.3) is 0 Å². The lowest BCUT2D eigenvalue weighted by Crippen LogP contribution is -2.13. The molecule has 0 aromatic heterocycles. The van der Waals surface area contributed by atoms with Crippen molar-refractivity contribution in [3.05, 3.63) is 52.5 Å². The van der Waals surface area contributed by atoms with Crippen LogP contribution in [0, 0.1) is 0 Å². The van der Waals surface area contributed by atoms with E-state index < -0.39 is 0 Å². The Hall–Kier alpha value is -2.01. The molecule has 1 N–H and O–H groups in total. The molecule has 0 heterocycles. The number of benzene rings is 2. The first kappa shape index (κ1) is 15.4. The Bertz CT molecular complexity index is 626. The Balaban J connectivity index is 2.15. The predicted octanol–water partition coefficient (Wildman–Crippen LogP) is 4.11. The Morgan fingerprint density at radius 3 is 2.52 bits per heavy atom. The largest absolute Gasteiger partial charge is 0.496 e.